The fourth-order valence-corrected chi connectivity index (χ4v) is 3.84. The summed E-state index contributed by atoms with van der Waals surface area (Å²) in [5.41, 5.74) is 4.72. The first-order valence-corrected chi connectivity index (χ1v) is 12.1. The second-order valence-corrected chi connectivity index (χ2v) is 9.11. The summed E-state index contributed by atoms with van der Waals surface area (Å²) in [6.07, 6.45) is 0.728. The molecule has 6 heteroatoms. The fourth-order valence-electron chi connectivity index (χ4n) is 3.84. The van der Waals surface area contributed by atoms with Gasteiger partial charge in [-0.2, -0.15) is 4.98 Å². The summed E-state index contributed by atoms with van der Waals surface area (Å²) < 4.78 is 7.59. The molecule has 0 aliphatic heterocycles. The summed E-state index contributed by atoms with van der Waals surface area (Å²) in [4.78, 5) is 17.6. The van der Waals surface area contributed by atoms with Crippen molar-refractivity contribution in [2.75, 3.05) is 11.9 Å². The quantitative estimate of drug-likeness (QED) is 0.308. The molecule has 1 aromatic heterocycles. The van der Waals surface area contributed by atoms with Crippen LogP contribution in [-0.2, 0) is 4.79 Å². The number of rotatable bonds is 9. The average molecular weight is 469 g/mol. The molecule has 3 aromatic carbocycles. The van der Waals surface area contributed by atoms with Gasteiger partial charge >= 0.3 is 6.01 Å². The van der Waals surface area contributed by atoms with Crippen LogP contribution in [0.3, 0.4) is 0 Å². The number of carbonyl (C=O) groups is 1. The number of hydrogen-bond acceptors (Lipinski definition) is 4. The second kappa shape index (κ2) is 11.0. The molecule has 4 aromatic rings. The summed E-state index contributed by atoms with van der Waals surface area (Å²) in [6.45, 7) is 8.80. The maximum atomic E-state index is 12.9. The Morgan fingerprint density at radius 3 is 2.29 bits per heavy atom. The van der Waals surface area contributed by atoms with Crippen LogP contribution in [0.2, 0.25) is 0 Å². The molecule has 6 nitrogen and oxygen atoms in total. The van der Waals surface area contributed by atoms with E-state index in [-0.39, 0.29) is 11.8 Å². The number of hydrogen-bond donors (Lipinski definition) is 1. The Bertz CT molecular complexity index is 1250. The number of nitrogens with zero attached hydrogens (tertiary/aromatic N) is 3. The van der Waals surface area contributed by atoms with Crippen LogP contribution in [0.5, 0.6) is 6.01 Å². The molecule has 0 aliphatic carbocycles. The predicted molar refractivity (Wildman–Crippen MR) is 140 cm³/mol. The monoisotopic (exact) mass is 468 g/mol. The van der Waals surface area contributed by atoms with E-state index >= 15 is 0 Å². The molecular formula is C29H32N4O2. The van der Waals surface area contributed by atoms with Gasteiger partial charge in [0, 0.05) is 11.3 Å². The third kappa shape index (κ3) is 5.96. The summed E-state index contributed by atoms with van der Waals surface area (Å²) in [5, 5.41) is 7.67. The summed E-state index contributed by atoms with van der Waals surface area (Å²) in [7, 11) is 0. The number of amides is 1. The topological polar surface area (TPSA) is 69.0 Å². The Labute approximate surface area is 207 Å². The van der Waals surface area contributed by atoms with Gasteiger partial charge in [0.25, 0.3) is 0 Å². The van der Waals surface area contributed by atoms with Gasteiger partial charge in [-0.05, 0) is 49.1 Å². The van der Waals surface area contributed by atoms with Crippen molar-refractivity contribution >= 4 is 11.6 Å². The summed E-state index contributed by atoms with van der Waals surface area (Å²) in [6, 6.07) is 26.0. The van der Waals surface area contributed by atoms with E-state index in [4.69, 9.17) is 4.74 Å². The van der Waals surface area contributed by atoms with Crippen LogP contribution < -0.4 is 10.1 Å². The molecule has 0 saturated carbocycles. The van der Waals surface area contributed by atoms with Gasteiger partial charge in [0.2, 0.25) is 5.91 Å². The first-order valence-electron chi connectivity index (χ1n) is 12.1. The average Bonchev–Trinajstić information content (AvgIpc) is 3.29. The van der Waals surface area contributed by atoms with E-state index in [1.807, 2.05) is 73.7 Å². The van der Waals surface area contributed by atoms with Crippen molar-refractivity contribution in [1.29, 1.82) is 0 Å². The maximum absolute atomic E-state index is 12.9. The number of carbonyl (C=O) groups excluding carboxylic acids is 1. The Hall–Kier alpha value is -3.93. The molecule has 1 atom stereocenters. The molecular weight excluding hydrogens is 436 g/mol. The second-order valence-electron chi connectivity index (χ2n) is 9.11. The highest BCUT2D eigenvalue weighted by Gasteiger charge is 2.19. The van der Waals surface area contributed by atoms with E-state index in [1.54, 1.807) is 4.68 Å². The van der Waals surface area contributed by atoms with Crippen molar-refractivity contribution in [3.8, 4) is 23.1 Å². The zero-order valence-electron chi connectivity index (χ0n) is 20.7. The number of benzene rings is 3. The normalized spacial score (nSPS) is 11.9. The molecule has 0 radical (unpaired) electrons. The van der Waals surface area contributed by atoms with Crippen LogP contribution >= 0.6 is 0 Å². The van der Waals surface area contributed by atoms with Crippen LogP contribution in [0.15, 0.2) is 78.9 Å². The van der Waals surface area contributed by atoms with Gasteiger partial charge in [0.1, 0.15) is 0 Å². The molecule has 0 fully saturated rings. The highest BCUT2D eigenvalue weighted by molar-refractivity contribution is 5.95. The molecule has 0 saturated heterocycles. The molecule has 1 heterocycles. The number of nitrogens with one attached hydrogen (secondary N) is 1. The van der Waals surface area contributed by atoms with Gasteiger partial charge in [-0.15, -0.1) is 5.10 Å². The number of ether oxygens (including phenoxy) is 1. The number of aromatic nitrogens is 3. The van der Waals surface area contributed by atoms with Gasteiger partial charge in [0.15, 0.2) is 5.82 Å². The smallest absolute Gasteiger partial charge is 0.336 e. The largest absolute Gasteiger partial charge is 0.462 e. The van der Waals surface area contributed by atoms with Crippen molar-refractivity contribution in [3.63, 3.8) is 0 Å². The van der Waals surface area contributed by atoms with E-state index in [9.17, 15) is 4.79 Å². The molecule has 1 N–H and O–H groups in total. The Morgan fingerprint density at radius 2 is 1.66 bits per heavy atom. The molecule has 0 aliphatic rings. The van der Waals surface area contributed by atoms with Gasteiger partial charge in [-0.25, -0.2) is 4.68 Å². The van der Waals surface area contributed by atoms with Gasteiger partial charge in [0.05, 0.1) is 18.2 Å². The minimum atomic E-state index is -0.194. The minimum absolute atomic E-state index is 0.0167. The van der Waals surface area contributed by atoms with Crippen LogP contribution in [0.4, 0.5) is 5.69 Å². The third-order valence-electron chi connectivity index (χ3n) is 5.75. The SMILES string of the molecule is CCC(C(=O)Nc1ccc(-n2nc(OCC(C)C)nc2-c2ccc(C)cc2)cc1)c1ccccc1. The zero-order chi connectivity index (χ0) is 24.8. The van der Waals surface area contributed by atoms with Crippen molar-refractivity contribution in [1.82, 2.24) is 14.8 Å². The lowest BCUT2D eigenvalue weighted by Gasteiger charge is -2.15. The molecule has 0 spiro atoms. The predicted octanol–water partition coefficient (Wildman–Crippen LogP) is 6.41. The standard InChI is InChI=1S/C29H32N4O2/c1-5-26(22-9-7-6-8-10-22)28(34)30-24-15-17-25(18-16-24)33-27(23-13-11-21(4)12-14-23)31-29(32-33)35-19-20(2)3/h6-18,20,26H,5,19H2,1-4H3,(H,30,34). The minimum Gasteiger partial charge on any atom is -0.462 e. The molecule has 35 heavy (non-hydrogen) atoms. The highest BCUT2D eigenvalue weighted by Crippen LogP contribution is 2.26. The molecule has 4 rings (SSSR count). The Morgan fingerprint density at radius 1 is 0.971 bits per heavy atom. The van der Waals surface area contributed by atoms with Gasteiger partial charge in [-0.3, -0.25) is 4.79 Å². The zero-order valence-corrected chi connectivity index (χ0v) is 20.7. The molecule has 1 unspecified atom stereocenters. The van der Waals surface area contributed by atoms with Crippen LogP contribution in [0.1, 0.15) is 44.2 Å². The van der Waals surface area contributed by atoms with Crippen molar-refractivity contribution in [3.05, 3.63) is 90.0 Å². The lowest BCUT2D eigenvalue weighted by Crippen LogP contribution is -2.20. The van der Waals surface area contributed by atoms with Crippen LogP contribution in [0.25, 0.3) is 17.1 Å². The lowest BCUT2D eigenvalue weighted by atomic mass is 9.95. The Kier molecular flexibility index (Phi) is 7.60. The van der Waals surface area contributed by atoms with E-state index in [1.165, 1.54) is 5.56 Å². The first-order chi connectivity index (χ1) is 16.9. The maximum Gasteiger partial charge on any atom is 0.336 e. The van der Waals surface area contributed by atoms with E-state index in [0.29, 0.717) is 24.4 Å². The molecule has 0 bridgehead atoms. The fraction of sp³-hybridized carbons (Fsp3) is 0.276. The number of anilines is 1. The third-order valence-corrected chi connectivity index (χ3v) is 5.75. The Balaban J connectivity index is 1.58. The summed E-state index contributed by atoms with van der Waals surface area (Å²) >= 11 is 0. The lowest BCUT2D eigenvalue weighted by molar-refractivity contribution is -0.117. The summed E-state index contributed by atoms with van der Waals surface area (Å²) in [5.74, 6) is 0.864. The first kappa shape index (κ1) is 24.2. The molecule has 1 amide bonds. The van der Waals surface area contributed by atoms with Crippen molar-refractivity contribution < 1.29 is 9.53 Å². The van der Waals surface area contributed by atoms with Crippen molar-refractivity contribution in [2.45, 2.75) is 40.0 Å². The van der Waals surface area contributed by atoms with Crippen LogP contribution in [-0.4, -0.2) is 27.3 Å². The van der Waals surface area contributed by atoms with Gasteiger partial charge < -0.3 is 10.1 Å². The highest BCUT2D eigenvalue weighted by atomic mass is 16.5. The van der Waals surface area contributed by atoms with E-state index < -0.39 is 0 Å². The van der Waals surface area contributed by atoms with Crippen molar-refractivity contribution in [2.24, 2.45) is 5.92 Å². The van der Waals surface area contributed by atoms with E-state index in [0.717, 1.165) is 28.9 Å². The number of aryl methyl sites for hydroxylation is 1. The van der Waals surface area contributed by atoms with Crippen LogP contribution in [0, 0.1) is 12.8 Å². The van der Waals surface area contributed by atoms with Gasteiger partial charge in [-0.1, -0.05) is 80.9 Å². The van der Waals surface area contributed by atoms with E-state index in [2.05, 4.69) is 48.3 Å². The molecule has 180 valence electrons.